The maximum Gasteiger partial charge on any atom is 0.226 e. The van der Waals surface area contributed by atoms with Gasteiger partial charge in [-0.15, -0.1) is 0 Å². The van der Waals surface area contributed by atoms with Crippen molar-refractivity contribution in [2.24, 2.45) is 17.6 Å². The molecule has 1 saturated heterocycles. The van der Waals surface area contributed by atoms with Gasteiger partial charge in [-0.1, -0.05) is 12.8 Å². The first-order chi connectivity index (χ1) is 9.79. The van der Waals surface area contributed by atoms with E-state index in [2.05, 4.69) is 4.90 Å². The molecule has 2 saturated carbocycles. The minimum atomic E-state index is 0.249. The van der Waals surface area contributed by atoms with Gasteiger partial charge in [0.25, 0.3) is 0 Å². The average molecular weight is 280 g/mol. The summed E-state index contributed by atoms with van der Waals surface area (Å²) < 4.78 is 5.87. The number of fused-ring (bicyclic) bond motifs is 1. The molecule has 2 atom stereocenters. The largest absolute Gasteiger partial charge is 0.374 e. The van der Waals surface area contributed by atoms with Gasteiger partial charge in [-0.25, -0.2) is 0 Å². The predicted octanol–water partition coefficient (Wildman–Crippen LogP) is 1.92. The van der Waals surface area contributed by atoms with E-state index in [-0.39, 0.29) is 5.92 Å². The van der Waals surface area contributed by atoms with Gasteiger partial charge >= 0.3 is 0 Å². The van der Waals surface area contributed by atoms with Crippen molar-refractivity contribution < 1.29 is 9.53 Å². The first kappa shape index (κ1) is 14.3. The van der Waals surface area contributed by atoms with Crippen LogP contribution in [0.5, 0.6) is 0 Å². The first-order valence-corrected chi connectivity index (χ1v) is 8.41. The van der Waals surface area contributed by atoms with Crippen LogP contribution in [0.1, 0.15) is 51.4 Å². The molecule has 3 rings (SSSR count). The summed E-state index contributed by atoms with van der Waals surface area (Å²) in [6.45, 7) is 2.31. The second-order valence-corrected chi connectivity index (χ2v) is 6.75. The third-order valence-electron chi connectivity index (χ3n) is 5.54. The van der Waals surface area contributed by atoms with Crippen molar-refractivity contribution in [2.75, 3.05) is 19.7 Å². The van der Waals surface area contributed by atoms with Crippen LogP contribution in [0, 0.1) is 11.8 Å². The van der Waals surface area contributed by atoms with Gasteiger partial charge in [-0.2, -0.15) is 0 Å². The third kappa shape index (κ3) is 2.86. The summed E-state index contributed by atoms with van der Waals surface area (Å²) in [5.41, 5.74) is 5.74. The van der Waals surface area contributed by atoms with Gasteiger partial charge in [0, 0.05) is 12.5 Å². The Hall–Kier alpha value is -0.610. The van der Waals surface area contributed by atoms with Gasteiger partial charge in [0.05, 0.1) is 18.8 Å². The number of carbonyl (C=O) groups excluding carboxylic acids is 1. The number of hydrogen-bond donors (Lipinski definition) is 1. The van der Waals surface area contributed by atoms with E-state index in [1.54, 1.807) is 0 Å². The van der Waals surface area contributed by atoms with Crippen LogP contribution in [0.4, 0.5) is 0 Å². The Morgan fingerprint density at radius 2 is 1.85 bits per heavy atom. The smallest absolute Gasteiger partial charge is 0.226 e. The van der Waals surface area contributed by atoms with E-state index in [4.69, 9.17) is 10.5 Å². The number of ether oxygens (including phenoxy) is 1. The Labute approximate surface area is 122 Å². The predicted molar refractivity (Wildman–Crippen MR) is 78.2 cm³/mol. The van der Waals surface area contributed by atoms with E-state index in [1.807, 2.05) is 0 Å². The van der Waals surface area contributed by atoms with Crippen molar-refractivity contribution in [3.63, 3.8) is 0 Å². The van der Waals surface area contributed by atoms with Gasteiger partial charge in [0.1, 0.15) is 0 Å². The summed E-state index contributed by atoms with van der Waals surface area (Å²) in [5, 5.41) is 0. The fourth-order valence-electron chi connectivity index (χ4n) is 4.25. The van der Waals surface area contributed by atoms with E-state index in [0.29, 0.717) is 24.0 Å². The minimum absolute atomic E-state index is 0.249. The summed E-state index contributed by atoms with van der Waals surface area (Å²) in [5.74, 6) is 1.30. The number of amides is 1. The van der Waals surface area contributed by atoms with Gasteiger partial charge < -0.3 is 15.4 Å². The number of nitrogens with two attached hydrogens (primary N) is 1. The van der Waals surface area contributed by atoms with Crippen LogP contribution in [-0.4, -0.2) is 42.6 Å². The molecular weight excluding hydrogens is 252 g/mol. The molecule has 4 heteroatoms. The molecule has 2 aliphatic carbocycles. The molecule has 0 aromatic heterocycles. The maximum atomic E-state index is 12.8. The minimum Gasteiger partial charge on any atom is -0.374 e. The van der Waals surface area contributed by atoms with Crippen LogP contribution in [0.15, 0.2) is 0 Å². The van der Waals surface area contributed by atoms with Crippen molar-refractivity contribution in [3.8, 4) is 0 Å². The Morgan fingerprint density at radius 1 is 1.10 bits per heavy atom. The monoisotopic (exact) mass is 280 g/mol. The topological polar surface area (TPSA) is 55.6 Å². The molecule has 3 fully saturated rings. The number of nitrogens with zero attached hydrogens (tertiary/aromatic N) is 1. The van der Waals surface area contributed by atoms with Crippen LogP contribution in [0.2, 0.25) is 0 Å². The molecule has 0 bridgehead atoms. The highest BCUT2D eigenvalue weighted by Gasteiger charge is 2.39. The lowest BCUT2D eigenvalue weighted by molar-refractivity contribution is -0.155. The molecule has 0 aromatic rings. The molecular formula is C16H28N2O2. The van der Waals surface area contributed by atoms with E-state index in [0.717, 1.165) is 58.2 Å². The number of carbonyl (C=O) groups is 1. The van der Waals surface area contributed by atoms with Crippen molar-refractivity contribution in [1.82, 2.24) is 4.90 Å². The van der Waals surface area contributed by atoms with Gasteiger partial charge in [-0.3, -0.25) is 4.79 Å². The zero-order valence-electron chi connectivity index (χ0n) is 12.4. The molecule has 114 valence electrons. The lowest BCUT2D eigenvalue weighted by atomic mass is 9.80. The molecule has 1 aliphatic heterocycles. The maximum absolute atomic E-state index is 12.8. The zero-order valence-corrected chi connectivity index (χ0v) is 12.4. The first-order valence-electron chi connectivity index (χ1n) is 8.41. The third-order valence-corrected chi connectivity index (χ3v) is 5.54. The molecule has 0 aromatic carbocycles. The quantitative estimate of drug-likeness (QED) is 0.841. The van der Waals surface area contributed by atoms with E-state index < -0.39 is 0 Å². The van der Waals surface area contributed by atoms with E-state index >= 15 is 0 Å². The average Bonchev–Trinajstić information content (AvgIpc) is 2.54. The highest BCUT2D eigenvalue weighted by Crippen LogP contribution is 2.33. The highest BCUT2D eigenvalue weighted by molar-refractivity contribution is 5.79. The molecule has 3 aliphatic rings. The van der Waals surface area contributed by atoms with Crippen LogP contribution in [0.3, 0.4) is 0 Å². The van der Waals surface area contributed by atoms with Crippen molar-refractivity contribution in [2.45, 2.75) is 63.5 Å². The fourth-order valence-corrected chi connectivity index (χ4v) is 4.25. The van der Waals surface area contributed by atoms with Crippen molar-refractivity contribution in [1.29, 1.82) is 0 Å². The SMILES string of the molecule is NCC1CCC(C(=O)N2CCOC3CCCCC32)CC1. The Kier molecular flexibility index (Phi) is 4.61. The van der Waals surface area contributed by atoms with Crippen LogP contribution < -0.4 is 5.73 Å². The zero-order chi connectivity index (χ0) is 13.9. The highest BCUT2D eigenvalue weighted by atomic mass is 16.5. The fraction of sp³-hybridized carbons (Fsp3) is 0.938. The van der Waals surface area contributed by atoms with Crippen LogP contribution in [0.25, 0.3) is 0 Å². The van der Waals surface area contributed by atoms with Crippen LogP contribution >= 0.6 is 0 Å². The normalized spacial score (nSPS) is 38.4. The summed E-state index contributed by atoms with van der Waals surface area (Å²) in [4.78, 5) is 15.0. The lowest BCUT2D eigenvalue weighted by Crippen LogP contribution is -2.56. The summed E-state index contributed by atoms with van der Waals surface area (Å²) >= 11 is 0. The van der Waals surface area contributed by atoms with Gasteiger partial charge in [0.2, 0.25) is 5.91 Å². The molecule has 4 nitrogen and oxygen atoms in total. The van der Waals surface area contributed by atoms with Crippen LogP contribution in [-0.2, 0) is 9.53 Å². The van der Waals surface area contributed by atoms with Gasteiger partial charge in [0.15, 0.2) is 0 Å². The molecule has 1 heterocycles. The molecule has 0 radical (unpaired) electrons. The number of hydrogen-bond acceptors (Lipinski definition) is 3. The Bertz CT molecular complexity index is 337. The Balaban J connectivity index is 1.61. The molecule has 20 heavy (non-hydrogen) atoms. The van der Waals surface area contributed by atoms with Crippen molar-refractivity contribution in [3.05, 3.63) is 0 Å². The Morgan fingerprint density at radius 3 is 2.60 bits per heavy atom. The second kappa shape index (κ2) is 6.44. The standard InChI is InChI=1S/C16H28N2O2/c17-11-12-5-7-13(8-6-12)16(19)18-9-10-20-15-4-2-1-3-14(15)18/h12-15H,1-11,17H2. The second-order valence-electron chi connectivity index (χ2n) is 6.75. The van der Waals surface area contributed by atoms with E-state index in [1.165, 1.54) is 12.8 Å². The van der Waals surface area contributed by atoms with Crippen molar-refractivity contribution >= 4 is 5.91 Å². The summed E-state index contributed by atoms with van der Waals surface area (Å²) in [6.07, 6.45) is 9.41. The van der Waals surface area contributed by atoms with Gasteiger partial charge in [-0.05, 0) is 51.0 Å². The summed E-state index contributed by atoms with van der Waals surface area (Å²) in [7, 11) is 0. The molecule has 2 unspecified atom stereocenters. The lowest BCUT2D eigenvalue weighted by Gasteiger charge is -2.45. The number of rotatable bonds is 2. The van der Waals surface area contributed by atoms with E-state index in [9.17, 15) is 4.79 Å². The molecule has 0 spiro atoms. The summed E-state index contributed by atoms with van der Waals surface area (Å²) in [6, 6.07) is 0.359. The molecule has 2 N–H and O–H groups in total. The molecule has 1 amide bonds. The number of morpholine rings is 1.